The lowest BCUT2D eigenvalue weighted by Gasteiger charge is -2.07. The number of methoxy groups -OCH3 is 1. The zero-order chi connectivity index (χ0) is 12.3. The molecule has 17 heavy (non-hydrogen) atoms. The van der Waals surface area contributed by atoms with E-state index < -0.39 is 5.82 Å². The number of hydrogen-bond acceptors (Lipinski definition) is 3. The van der Waals surface area contributed by atoms with Crippen LogP contribution in [-0.2, 0) is 0 Å². The Kier molecular flexibility index (Phi) is 3.86. The van der Waals surface area contributed by atoms with Gasteiger partial charge in [-0.05, 0) is 18.2 Å². The van der Waals surface area contributed by atoms with Crippen molar-refractivity contribution < 1.29 is 9.13 Å². The lowest BCUT2D eigenvalue weighted by Crippen LogP contribution is -1.89. The van der Waals surface area contributed by atoms with Gasteiger partial charge in [-0.1, -0.05) is 35.5 Å². The van der Waals surface area contributed by atoms with Crippen LogP contribution in [0.15, 0.2) is 46.5 Å². The fourth-order valence-corrected chi connectivity index (χ4v) is 2.30. The molecule has 0 atom stereocenters. The van der Waals surface area contributed by atoms with Crippen molar-refractivity contribution in [3.8, 4) is 5.75 Å². The molecule has 1 aromatic heterocycles. The van der Waals surface area contributed by atoms with E-state index in [1.165, 1.54) is 24.0 Å². The van der Waals surface area contributed by atoms with E-state index in [0.717, 1.165) is 4.90 Å². The molecule has 88 valence electrons. The maximum absolute atomic E-state index is 13.6. The van der Waals surface area contributed by atoms with Crippen LogP contribution < -0.4 is 4.74 Å². The molecule has 0 fully saturated rings. The second kappa shape index (κ2) is 5.38. The van der Waals surface area contributed by atoms with E-state index in [1.54, 1.807) is 7.11 Å². The van der Waals surface area contributed by atoms with Gasteiger partial charge in [-0.3, -0.25) is 0 Å². The van der Waals surface area contributed by atoms with Crippen LogP contribution in [0.1, 0.15) is 0 Å². The highest BCUT2D eigenvalue weighted by Gasteiger charge is 2.09. The Labute approximate surface area is 108 Å². The Morgan fingerprint density at radius 3 is 2.82 bits per heavy atom. The number of benzene rings is 1. The molecule has 0 radical (unpaired) electrons. The van der Waals surface area contributed by atoms with Crippen LogP contribution >= 0.6 is 23.4 Å². The smallest absolute Gasteiger partial charge is 0.157 e. The Bertz CT molecular complexity index is 536. The first-order valence-corrected chi connectivity index (χ1v) is 6.02. The molecule has 0 aliphatic heterocycles. The standard InChI is InChI=1S/C12H9ClFNOS/c1-16-10-4-2-3-5-11(10)17-12-9(14)6-8(13)7-15-12/h2-7H,1H3. The number of aromatic nitrogens is 1. The van der Waals surface area contributed by atoms with Gasteiger partial charge >= 0.3 is 0 Å². The lowest BCUT2D eigenvalue weighted by atomic mass is 10.3. The first kappa shape index (κ1) is 12.2. The number of ether oxygens (including phenoxy) is 1. The second-order valence-corrected chi connectivity index (χ2v) is 4.66. The van der Waals surface area contributed by atoms with Crippen LogP contribution in [0.2, 0.25) is 5.02 Å². The Hall–Kier alpha value is -1.26. The van der Waals surface area contributed by atoms with Crippen molar-refractivity contribution in [1.82, 2.24) is 4.98 Å². The summed E-state index contributed by atoms with van der Waals surface area (Å²) in [7, 11) is 1.57. The van der Waals surface area contributed by atoms with Gasteiger partial charge in [0.25, 0.3) is 0 Å². The highest BCUT2D eigenvalue weighted by atomic mass is 35.5. The number of pyridine rings is 1. The van der Waals surface area contributed by atoms with E-state index in [9.17, 15) is 4.39 Å². The molecule has 1 heterocycles. The minimum atomic E-state index is -0.437. The van der Waals surface area contributed by atoms with Gasteiger partial charge < -0.3 is 4.74 Å². The quantitative estimate of drug-likeness (QED) is 0.840. The summed E-state index contributed by atoms with van der Waals surface area (Å²) in [5.41, 5.74) is 0. The van der Waals surface area contributed by atoms with E-state index in [4.69, 9.17) is 16.3 Å². The fraction of sp³-hybridized carbons (Fsp3) is 0.0833. The monoisotopic (exact) mass is 269 g/mol. The Morgan fingerprint density at radius 1 is 1.35 bits per heavy atom. The third-order valence-corrected chi connectivity index (χ3v) is 3.31. The summed E-state index contributed by atoms with van der Waals surface area (Å²) in [5.74, 6) is 0.252. The predicted molar refractivity (Wildman–Crippen MR) is 66.3 cm³/mol. The summed E-state index contributed by atoms with van der Waals surface area (Å²) in [6.45, 7) is 0. The average Bonchev–Trinajstić information content (AvgIpc) is 2.33. The van der Waals surface area contributed by atoms with Crippen molar-refractivity contribution in [1.29, 1.82) is 0 Å². The fourth-order valence-electron chi connectivity index (χ4n) is 1.28. The van der Waals surface area contributed by atoms with Gasteiger partial charge in [0, 0.05) is 6.20 Å². The first-order chi connectivity index (χ1) is 8.20. The van der Waals surface area contributed by atoms with Gasteiger partial charge in [0.2, 0.25) is 0 Å². The molecular formula is C12H9ClFNOS. The van der Waals surface area contributed by atoms with Crippen molar-refractivity contribution >= 4 is 23.4 Å². The van der Waals surface area contributed by atoms with Crippen LogP contribution in [0.5, 0.6) is 5.75 Å². The highest BCUT2D eigenvalue weighted by molar-refractivity contribution is 7.99. The molecule has 0 aliphatic carbocycles. The van der Waals surface area contributed by atoms with E-state index >= 15 is 0 Å². The minimum Gasteiger partial charge on any atom is -0.496 e. The number of nitrogens with zero attached hydrogens (tertiary/aromatic N) is 1. The third-order valence-electron chi connectivity index (χ3n) is 2.05. The molecule has 2 aromatic rings. The Balaban J connectivity index is 2.31. The van der Waals surface area contributed by atoms with Crippen LogP contribution in [-0.4, -0.2) is 12.1 Å². The van der Waals surface area contributed by atoms with Crippen LogP contribution in [0.3, 0.4) is 0 Å². The zero-order valence-corrected chi connectivity index (χ0v) is 10.6. The van der Waals surface area contributed by atoms with Gasteiger partial charge in [-0.15, -0.1) is 0 Å². The SMILES string of the molecule is COc1ccccc1Sc1ncc(Cl)cc1F. The van der Waals surface area contributed by atoms with Crippen molar-refractivity contribution in [3.63, 3.8) is 0 Å². The molecule has 0 aliphatic rings. The average molecular weight is 270 g/mol. The summed E-state index contributed by atoms with van der Waals surface area (Å²) in [6.07, 6.45) is 1.42. The molecule has 0 unspecified atom stereocenters. The highest BCUT2D eigenvalue weighted by Crippen LogP contribution is 2.35. The van der Waals surface area contributed by atoms with E-state index in [1.807, 2.05) is 24.3 Å². The van der Waals surface area contributed by atoms with Crippen molar-refractivity contribution in [2.24, 2.45) is 0 Å². The lowest BCUT2D eigenvalue weighted by molar-refractivity contribution is 0.405. The van der Waals surface area contributed by atoms with Crippen LogP contribution in [0.4, 0.5) is 4.39 Å². The molecule has 0 amide bonds. The maximum Gasteiger partial charge on any atom is 0.157 e. The zero-order valence-electron chi connectivity index (χ0n) is 8.98. The summed E-state index contributed by atoms with van der Waals surface area (Å²) in [5, 5.41) is 0.561. The molecule has 1 aromatic carbocycles. The first-order valence-electron chi connectivity index (χ1n) is 4.82. The summed E-state index contributed by atoms with van der Waals surface area (Å²) < 4.78 is 18.7. The minimum absolute atomic E-state index is 0.277. The molecule has 0 spiro atoms. The van der Waals surface area contributed by atoms with E-state index in [0.29, 0.717) is 5.75 Å². The maximum atomic E-state index is 13.6. The summed E-state index contributed by atoms with van der Waals surface area (Å²) >= 11 is 6.85. The summed E-state index contributed by atoms with van der Waals surface area (Å²) in [4.78, 5) is 4.76. The van der Waals surface area contributed by atoms with Gasteiger partial charge in [-0.25, -0.2) is 9.37 Å². The molecule has 5 heteroatoms. The number of para-hydroxylation sites is 1. The van der Waals surface area contributed by atoms with E-state index in [2.05, 4.69) is 4.98 Å². The van der Waals surface area contributed by atoms with Crippen LogP contribution in [0, 0.1) is 5.82 Å². The summed E-state index contributed by atoms with van der Waals surface area (Å²) in [6, 6.07) is 8.62. The molecule has 0 N–H and O–H groups in total. The Morgan fingerprint density at radius 2 is 2.12 bits per heavy atom. The van der Waals surface area contributed by atoms with Crippen molar-refractivity contribution in [3.05, 3.63) is 47.4 Å². The molecule has 0 bridgehead atoms. The molecule has 0 saturated carbocycles. The van der Waals surface area contributed by atoms with Gasteiger partial charge in [0.1, 0.15) is 10.8 Å². The predicted octanol–water partition coefficient (Wildman–Crippen LogP) is 4.03. The third kappa shape index (κ3) is 2.90. The largest absolute Gasteiger partial charge is 0.496 e. The van der Waals surface area contributed by atoms with Crippen molar-refractivity contribution in [2.75, 3.05) is 7.11 Å². The molecule has 2 nitrogen and oxygen atoms in total. The molecular weight excluding hydrogens is 261 g/mol. The number of rotatable bonds is 3. The normalized spacial score (nSPS) is 10.3. The van der Waals surface area contributed by atoms with Crippen molar-refractivity contribution in [2.45, 2.75) is 9.92 Å². The number of halogens is 2. The topological polar surface area (TPSA) is 22.1 Å². The molecule has 0 saturated heterocycles. The molecule has 2 rings (SSSR count). The van der Waals surface area contributed by atoms with Crippen LogP contribution in [0.25, 0.3) is 0 Å². The van der Waals surface area contributed by atoms with Gasteiger partial charge in [0.05, 0.1) is 17.0 Å². The van der Waals surface area contributed by atoms with Gasteiger partial charge in [0.15, 0.2) is 5.82 Å². The van der Waals surface area contributed by atoms with Gasteiger partial charge in [-0.2, -0.15) is 0 Å². The second-order valence-electron chi connectivity index (χ2n) is 3.19. The van der Waals surface area contributed by atoms with E-state index in [-0.39, 0.29) is 10.0 Å². The number of hydrogen-bond donors (Lipinski definition) is 0.